The number of carbonyl (C=O) groups is 1. The Balaban J connectivity index is 2.91. The first-order chi connectivity index (χ1) is 6.83. The number of carboxylic acid groups (broad SMARTS) is 1. The first-order valence-corrected chi connectivity index (χ1v) is 5.13. The van der Waals surface area contributed by atoms with Crippen LogP contribution in [0.5, 0.6) is 11.5 Å². The van der Waals surface area contributed by atoms with E-state index in [2.05, 4.69) is 0 Å². The van der Waals surface area contributed by atoms with E-state index in [0.717, 1.165) is 0 Å². The summed E-state index contributed by atoms with van der Waals surface area (Å²) in [4.78, 5) is 10.7. The molecular formula is C9H10INO4. The Hall–Kier alpha value is -1.02. The van der Waals surface area contributed by atoms with Gasteiger partial charge in [0.25, 0.3) is 0 Å². The predicted octanol–water partition coefficient (Wildman–Crippen LogP) is 0.815. The molecule has 6 heteroatoms. The molecule has 1 rings (SSSR count). The highest BCUT2D eigenvalue weighted by atomic mass is 127. The minimum Gasteiger partial charge on any atom is -0.504 e. The number of hydrogen-bond donors (Lipinski definition) is 4. The number of benzene rings is 1. The van der Waals surface area contributed by atoms with Crippen molar-refractivity contribution in [2.24, 2.45) is 5.73 Å². The molecule has 0 saturated carbocycles. The quantitative estimate of drug-likeness (QED) is 0.285. The molecule has 0 unspecified atom stereocenters. The molecule has 15 heavy (non-hydrogen) atoms. The lowest BCUT2D eigenvalue weighted by Gasteiger charge is -2.17. The van der Waals surface area contributed by atoms with Gasteiger partial charge < -0.3 is 21.1 Å². The maximum absolute atomic E-state index is 10.7. The van der Waals surface area contributed by atoms with Gasteiger partial charge in [-0.25, -0.2) is 4.79 Å². The van der Waals surface area contributed by atoms with Crippen molar-refractivity contribution < 1.29 is 20.1 Å². The van der Waals surface area contributed by atoms with E-state index in [1.54, 1.807) is 22.6 Å². The monoisotopic (exact) mass is 323 g/mol. The number of rotatable bonds is 3. The molecule has 0 bridgehead atoms. The third kappa shape index (κ3) is 2.96. The molecular weight excluding hydrogens is 313 g/mol. The van der Waals surface area contributed by atoms with Crippen molar-refractivity contribution in [3.8, 4) is 11.5 Å². The van der Waals surface area contributed by atoms with Crippen molar-refractivity contribution >= 4 is 28.6 Å². The zero-order valence-electron chi connectivity index (χ0n) is 7.64. The molecule has 5 N–H and O–H groups in total. The van der Waals surface area contributed by atoms with E-state index >= 15 is 0 Å². The van der Waals surface area contributed by atoms with Gasteiger partial charge in [-0.1, -0.05) is 6.07 Å². The fourth-order valence-corrected chi connectivity index (χ4v) is 1.49. The van der Waals surface area contributed by atoms with Crippen LogP contribution in [0.1, 0.15) is 5.56 Å². The third-order valence-corrected chi connectivity index (χ3v) is 2.70. The van der Waals surface area contributed by atoms with Crippen molar-refractivity contribution in [3.63, 3.8) is 0 Å². The molecule has 0 aliphatic carbocycles. The van der Waals surface area contributed by atoms with Crippen LogP contribution in [-0.2, 0) is 11.2 Å². The molecule has 1 aromatic rings. The molecule has 0 aliphatic heterocycles. The Morgan fingerprint density at radius 2 is 2.00 bits per heavy atom. The summed E-state index contributed by atoms with van der Waals surface area (Å²) in [6.07, 6.45) is 0.0662. The van der Waals surface area contributed by atoms with Crippen LogP contribution in [0.2, 0.25) is 0 Å². The van der Waals surface area contributed by atoms with Crippen LogP contribution >= 0.6 is 22.6 Å². The number of aliphatic carboxylic acids is 1. The number of aromatic hydroxyl groups is 2. The molecule has 0 radical (unpaired) electrons. The van der Waals surface area contributed by atoms with Gasteiger partial charge in [0.2, 0.25) is 0 Å². The van der Waals surface area contributed by atoms with Gasteiger partial charge in [0.1, 0.15) is 0 Å². The van der Waals surface area contributed by atoms with Gasteiger partial charge in [-0.2, -0.15) is 0 Å². The van der Waals surface area contributed by atoms with E-state index in [-0.39, 0.29) is 17.9 Å². The second-order valence-corrected chi connectivity index (χ2v) is 5.09. The summed E-state index contributed by atoms with van der Waals surface area (Å²) in [7, 11) is 0. The average molecular weight is 323 g/mol. The van der Waals surface area contributed by atoms with Crippen LogP contribution in [0, 0.1) is 0 Å². The van der Waals surface area contributed by atoms with Crippen LogP contribution in [0.3, 0.4) is 0 Å². The zero-order valence-corrected chi connectivity index (χ0v) is 9.80. The summed E-state index contributed by atoms with van der Waals surface area (Å²) in [6.45, 7) is 0. The number of phenolic OH excluding ortho intramolecular Hbond substituents is 2. The zero-order chi connectivity index (χ0) is 11.6. The van der Waals surface area contributed by atoms with Crippen molar-refractivity contribution in [2.45, 2.75) is 9.97 Å². The summed E-state index contributed by atoms with van der Waals surface area (Å²) in [5, 5.41) is 27.0. The number of alkyl halides is 1. The highest BCUT2D eigenvalue weighted by Gasteiger charge is 2.30. The molecule has 82 valence electrons. The second kappa shape index (κ2) is 4.23. The molecule has 1 aromatic carbocycles. The summed E-state index contributed by atoms with van der Waals surface area (Å²) in [6, 6.07) is 4.09. The minimum atomic E-state index is -1.42. The average Bonchev–Trinajstić information content (AvgIpc) is 2.10. The fraction of sp³-hybridized carbons (Fsp3) is 0.222. The van der Waals surface area contributed by atoms with Crippen LogP contribution in [0.4, 0.5) is 0 Å². The Kier molecular flexibility index (Phi) is 3.40. The van der Waals surface area contributed by atoms with Crippen molar-refractivity contribution in [1.82, 2.24) is 0 Å². The van der Waals surface area contributed by atoms with Crippen molar-refractivity contribution in [1.29, 1.82) is 0 Å². The largest absolute Gasteiger partial charge is 0.504 e. The van der Waals surface area contributed by atoms with E-state index in [9.17, 15) is 9.90 Å². The van der Waals surface area contributed by atoms with E-state index in [4.69, 9.17) is 15.9 Å². The molecule has 0 amide bonds. The van der Waals surface area contributed by atoms with Crippen LogP contribution in [0.25, 0.3) is 0 Å². The normalized spacial score (nSPS) is 14.5. The lowest BCUT2D eigenvalue weighted by Crippen LogP contribution is -2.43. The molecule has 0 heterocycles. The minimum absolute atomic E-state index is 0.0662. The van der Waals surface area contributed by atoms with Gasteiger partial charge >= 0.3 is 5.97 Å². The predicted molar refractivity (Wildman–Crippen MR) is 62.0 cm³/mol. The summed E-state index contributed by atoms with van der Waals surface area (Å²) < 4.78 is -1.42. The number of phenols is 2. The van der Waals surface area contributed by atoms with Gasteiger partial charge in [-0.3, -0.25) is 0 Å². The third-order valence-electron chi connectivity index (χ3n) is 1.86. The highest BCUT2D eigenvalue weighted by Crippen LogP contribution is 2.27. The smallest absolute Gasteiger partial charge is 0.334 e. The SMILES string of the molecule is N[C@](I)(Cc1ccc(O)c(O)c1)C(=O)O. The Bertz CT molecular complexity index is 392. The van der Waals surface area contributed by atoms with Gasteiger partial charge in [-0.05, 0) is 40.3 Å². The first kappa shape index (κ1) is 12.1. The first-order valence-electron chi connectivity index (χ1n) is 4.05. The molecule has 0 fully saturated rings. The van der Waals surface area contributed by atoms with E-state index in [0.29, 0.717) is 5.56 Å². The number of halogens is 1. The van der Waals surface area contributed by atoms with Crippen LogP contribution in [-0.4, -0.2) is 24.8 Å². The van der Waals surface area contributed by atoms with E-state index in [1.807, 2.05) is 0 Å². The van der Waals surface area contributed by atoms with Crippen molar-refractivity contribution in [2.75, 3.05) is 0 Å². The standard InChI is InChI=1S/C9H10INO4/c10-9(11,8(14)15)4-5-1-2-6(12)7(13)3-5/h1-3,12-13H,4,11H2,(H,14,15)/t9-/m1/s1. The van der Waals surface area contributed by atoms with Gasteiger partial charge in [0, 0.05) is 6.42 Å². The fourth-order valence-electron chi connectivity index (χ4n) is 1.05. The molecule has 5 nitrogen and oxygen atoms in total. The highest BCUT2D eigenvalue weighted by molar-refractivity contribution is 14.1. The Labute approximate surface area is 99.7 Å². The number of carboxylic acids is 1. The summed E-state index contributed by atoms with van der Waals surface area (Å²) in [5.41, 5.74) is 6.07. The molecule has 0 aliphatic rings. The number of hydrogen-bond acceptors (Lipinski definition) is 4. The summed E-state index contributed by atoms with van der Waals surface area (Å²) >= 11 is 1.62. The van der Waals surface area contributed by atoms with Gasteiger partial charge in [0.05, 0.1) is 0 Å². The second-order valence-electron chi connectivity index (χ2n) is 3.17. The topological polar surface area (TPSA) is 104 Å². The van der Waals surface area contributed by atoms with E-state index < -0.39 is 9.51 Å². The van der Waals surface area contributed by atoms with Crippen molar-refractivity contribution in [3.05, 3.63) is 23.8 Å². The lowest BCUT2D eigenvalue weighted by molar-refractivity contribution is -0.139. The molecule has 0 saturated heterocycles. The number of nitrogens with two attached hydrogens (primary N) is 1. The van der Waals surface area contributed by atoms with Gasteiger partial charge in [0.15, 0.2) is 15.0 Å². The molecule has 1 atom stereocenters. The van der Waals surface area contributed by atoms with Gasteiger partial charge in [-0.15, -0.1) is 0 Å². The molecule has 0 aromatic heterocycles. The maximum Gasteiger partial charge on any atom is 0.334 e. The summed E-state index contributed by atoms with van der Waals surface area (Å²) in [5.74, 6) is -1.66. The van der Waals surface area contributed by atoms with Crippen LogP contribution < -0.4 is 5.73 Å². The maximum atomic E-state index is 10.7. The lowest BCUT2D eigenvalue weighted by atomic mass is 10.1. The Morgan fingerprint density at radius 1 is 1.40 bits per heavy atom. The molecule has 0 spiro atoms. The van der Waals surface area contributed by atoms with E-state index in [1.165, 1.54) is 18.2 Å². The van der Waals surface area contributed by atoms with Crippen LogP contribution in [0.15, 0.2) is 18.2 Å². The Morgan fingerprint density at radius 3 is 2.47 bits per heavy atom.